The van der Waals surface area contributed by atoms with Crippen LogP contribution in [0.3, 0.4) is 0 Å². The number of unbranched alkanes of at least 4 members (excludes halogenated alkanes) is 29. The summed E-state index contributed by atoms with van der Waals surface area (Å²) in [5, 5.41) is 9.60. The summed E-state index contributed by atoms with van der Waals surface area (Å²) < 4.78 is 10.7. The molecule has 0 rings (SSSR count). The van der Waals surface area contributed by atoms with E-state index in [0.29, 0.717) is 12.8 Å². The Balaban J connectivity index is 3.50. The van der Waals surface area contributed by atoms with E-state index in [9.17, 15) is 14.7 Å². The van der Waals surface area contributed by atoms with E-state index in [4.69, 9.17) is 9.47 Å². The minimum absolute atomic E-state index is 0.0656. The monoisotopic (exact) mass is 759 g/mol. The highest BCUT2D eigenvalue weighted by Crippen LogP contribution is 2.15. The molecule has 54 heavy (non-hydrogen) atoms. The van der Waals surface area contributed by atoms with Crippen molar-refractivity contribution in [2.24, 2.45) is 0 Å². The molecule has 316 valence electrons. The van der Waals surface area contributed by atoms with E-state index in [0.717, 1.165) is 44.9 Å². The third-order valence-corrected chi connectivity index (χ3v) is 10.4. The molecule has 0 aliphatic carbocycles. The third kappa shape index (κ3) is 42.9. The van der Waals surface area contributed by atoms with Gasteiger partial charge in [0.15, 0.2) is 6.10 Å². The highest BCUT2D eigenvalue weighted by atomic mass is 16.6. The van der Waals surface area contributed by atoms with E-state index < -0.39 is 6.10 Å². The predicted octanol–water partition coefficient (Wildman–Crippen LogP) is 15.2. The summed E-state index contributed by atoms with van der Waals surface area (Å²) in [4.78, 5) is 24.4. The lowest BCUT2D eigenvalue weighted by atomic mass is 10.0. The van der Waals surface area contributed by atoms with E-state index in [1.54, 1.807) is 0 Å². The lowest BCUT2D eigenvalue weighted by Gasteiger charge is -2.15. The molecular weight excluding hydrogens is 669 g/mol. The SMILES string of the molecule is CCCCC/C=C\C/C=C\CCCCCCCCCCCC(=O)O[C@@H](CO)COC(=O)CCCCCCCCCCCCC/C=C\CCCCCCCC. The maximum absolute atomic E-state index is 12.2. The number of aliphatic hydroxyl groups excluding tert-OH is 1. The Kier molecular flexibility index (Phi) is 43.9. The van der Waals surface area contributed by atoms with Crippen molar-refractivity contribution in [1.82, 2.24) is 0 Å². The van der Waals surface area contributed by atoms with E-state index >= 15 is 0 Å². The number of carbonyl (C=O) groups excluding carboxylic acids is 2. The van der Waals surface area contributed by atoms with Crippen LogP contribution in [0.15, 0.2) is 36.5 Å². The van der Waals surface area contributed by atoms with Crippen molar-refractivity contribution in [2.45, 2.75) is 251 Å². The molecule has 1 N–H and O–H groups in total. The van der Waals surface area contributed by atoms with E-state index in [1.807, 2.05) is 0 Å². The standard InChI is InChI=1S/C49H90O5/c1-3-5-7-9-11-13-15-17-19-21-23-24-26-27-29-31-33-35-37-39-41-43-48(51)53-46-47(45-50)54-49(52)44-42-40-38-36-34-32-30-28-25-22-20-18-16-14-12-10-8-6-4-2/h12,14,17-20,47,50H,3-11,13,15-16,21-46H2,1-2H3/b14-12-,19-17-,20-18-/t47-/m0/s1. The Morgan fingerprint density at radius 2 is 0.741 bits per heavy atom. The minimum Gasteiger partial charge on any atom is -0.462 e. The Morgan fingerprint density at radius 1 is 0.426 bits per heavy atom. The van der Waals surface area contributed by atoms with Gasteiger partial charge in [0.1, 0.15) is 6.61 Å². The van der Waals surface area contributed by atoms with E-state index in [1.165, 1.54) is 173 Å². The van der Waals surface area contributed by atoms with E-state index in [-0.39, 0.29) is 25.2 Å². The summed E-state index contributed by atoms with van der Waals surface area (Å²) in [6.07, 6.45) is 56.5. The van der Waals surface area contributed by atoms with Gasteiger partial charge in [-0.1, -0.05) is 198 Å². The first-order valence-corrected chi connectivity index (χ1v) is 23.5. The number of hydrogen-bond acceptors (Lipinski definition) is 5. The van der Waals surface area contributed by atoms with Gasteiger partial charge in [-0.15, -0.1) is 0 Å². The van der Waals surface area contributed by atoms with Crippen molar-refractivity contribution in [1.29, 1.82) is 0 Å². The molecule has 0 radical (unpaired) electrons. The molecule has 0 heterocycles. The van der Waals surface area contributed by atoms with Gasteiger partial charge in [-0.3, -0.25) is 9.59 Å². The third-order valence-electron chi connectivity index (χ3n) is 10.4. The number of rotatable bonds is 43. The van der Waals surface area contributed by atoms with Gasteiger partial charge in [-0.2, -0.15) is 0 Å². The maximum atomic E-state index is 12.2. The molecule has 0 amide bonds. The molecule has 0 aromatic rings. The summed E-state index contributed by atoms with van der Waals surface area (Å²) in [7, 11) is 0. The van der Waals surface area contributed by atoms with Crippen LogP contribution in [-0.4, -0.2) is 36.4 Å². The molecule has 0 aromatic heterocycles. The van der Waals surface area contributed by atoms with Crippen LogP contribution in [0, 0.1) is 0 Å². The number of hydrogen-bond donors (Lipinski definition) is 1. The minimum atomic E-state index is -0.773. The van der Waals surface area contributed by atoms with Crippen LogP contribution in [0.5, 0.6) is 0 Å². The van der Waals surface area contributed by atoms with Gasteiger partial charge >= 0.3 is 11.9 Å². The number of esters is 2. The predicted molar refractivity (Wildman–Crippen MR) is 233 cm³/mol. The summed E-state index contributed by atoms with van der Waals surface area (Å²) in [6.45, 7) is 4.13. The van der Waals surface area contributed by atoms with Crippen LogP contribution < -0.4 is 0 Å². The molecule has 1 atom stereocenters. The van der Waals surface area contributed by atoms with Gasteiger partial charge in [-0.05, 0) is 70.6 Å². The topological polar surface area (TPSA) is 72.8 Å². The summed E-state index contributed by atoms with van der Waals surface area (Å²) in [6, 6.07) is 0. The molecule has 0 unspecified atom stereocenters. The Morgan fingerprint density at radius 3 is 1.15 bits per heavy atom. The summed E-state index contributed by atoms with van der Waals surface area (Å²) in [5.74, 6) is -0.588. The summed E-state index contributed by atoms with van der Waals surface area (Å²) >= 11 is 0. The second-order valence-electron chi connectivity index (χ2n) is 15.8. The zero-order valence-corrected chi connectivity index (χ0v) is 36.0. The molecule has 0 saturated heterocycles. The molecule has 5 nitrogen and oxygen atoms in total. The smallest absolute Gasteiger partial charge is 0.306 e. The van der Waals surface area contributed by atoms with Crippen LogP contribution in [0.2, 0.25) is 0 Å². The number of allylic oxidation sites excluding steroid dienone is 6. The highest BCUT2D eigenvalue weighted by molar-refractivity contribution is 5.70. The Labute approximate surface area is 336 Å². The average Bonchev–Trinajstić information content (AvgIpc) is 3.17. The van der Waals surface area contributed by atoms with Crippen molar-refractivity contribution in [2.75, 3.05) is 13.2 Å². The molecule has 5 heteroatoms. The summed E-state index contributed by atoms with van der Waals surface area (Å²) in [5.41, 5.74) is 0. The van der Waals surface area contributed by atoms with Crippen molar-refractivity contribution in [3.8, 4) is 0 Å². The van der Waals surface area contributed by atoms with Crippen molar-refractivity contribution in [3.05, 3.63) is 36.5 Å². The number of aliphatic hydroxyl groups is 1. The molecule has 0 spiro atoms. The van der Waals surface area contributed by atoms with Crippen LogP contribution in [0.4, 0.5) is 0 Å². The zero-order valence-electron chi connectivity index (χ0n) is 36.0. The first kappa shape index (κ1) is 52.1. The second-order valence-corrected chi connectivity index (χ2v) is 15.8. The van der Waals surface area contributed by atoms with Crippen molar-refractivity contribution >= 4 is 11.9 Å². The Hall–Kier alpha value is -1.88. The van der Waals surface area contributed by atoms with Crippen LogP contribution in [-0.2, 0) is 19.1 Å². The quantitative estimate of drug-likeness (QED) is 0.0381. The second kappa shape index (κ2) is 45.5. The van der Waals surface area contributed by atoms with Gasteiger partial charge in [-0.25, -0.2) is 0 Å². The lowest BCUT2D eigenvalue weighted by Crippen LogP contribution is -2.28. The normalized spacial score (nSPS) is 12.4. The molecule has 0 fully saturated rings. The molecule has 0 aliphatic rings. The number of carbonyl (C=O) groups is 2. The zero-order chi connectivity index (χ0) is 39.3. The lowest BCUT2D eigenvalue weighted by molar-refractivity contribution is -0.161. The van der Waals surface area contributed by atoms with Gasteiger partial charge < -0.3 is 14.6 Å². The van der Waals surface area contributed by atoms with Gasteiger partial charge in [0.25, 0.3) is 0 Å². The molecule has 0 aromatic carbocycles. The average molecular weight is 759 g/mol. The van der Waals surface area contributed by atoms with E-state index in [2.05, 4.69) is 50.3 Å². The van der Waals surface area contributed by atoms with Crippen molar-refractivity contribution < 1.29 is 24.2 Å². The van der Waals surface area contributed by atoms with Crippen LogP contribution in [0.1, 0.15) is 245 Å². The first-order chi connectivity index (χ1) is 26.6. The maximum Gasteiger partial charge on any atom is 0.306 e. The molecule has 0 saturated carbocycles. The van der Waals surface area contributed by atoms with Gasteiger partial charge in [0.2, 0.25) is 0 Å². The molecule has 0 aliphatic heterocycles. The van der Waals surface area contributed by atoms with Crippen molar-refractivity contribution in [3.63, 3.8) is 0 Å². The molecular formula is C49H90O5. The Bertz CT molecular complexity index is 862. The van der Waals surface area contributed by atoms with Gasteiger partial charge in [0, 0.05) is 12.8 Å². The molecule has 0 bridgehead atoms. The fourth-order valence-corrected chi connectivity index (χ4v) is 6.82. The number of ether oxygens (including phenoxy) is 2. The van der Waals surface area contributed by atoms with Crippen LogP contribution >= 0.6 is 0 Å². The first-order valence-electron chi connectivity index (χ1n) is 23.5. The van der Waals surface area contributed by atoms with Gasteiger partial charge in [0.05, 0.1) is 6.61 Å². The van der Waals surface area contributed by atoms with Crippen LogP contribution in [0.25, 0.3) is 0 Å². The highest BCUT2D eigenvalue weighted by Gasteiger charge is 2.16. The largest absolute Gasteiger partial charge is 0.462 e. The fourth-order valence-electron chi connectivity index (χ4n) is 6.82. The fraction of sp³-hybridized carbons (Fsp3) is 0.837.